The number of hydrogen-bond acceptors (Lipinski definition) is 6. The number of ether oxygens (including phenoxy) is 3. The Bertz CT molecular complexity index is 1410. The molecule has 1 amide bonds. The van der Waals surface area contributed by atoms with E-state index in [0.29, 0.717) is 17.1 Å². The maximum absolute atomic E-state index is 12.9. The summed E-state index contributed by atoms with van der Waals surface area (Å²) in [6.45, 7) is 1.60. The molecule has 0 saturated heterocycles. The Morgan fingerprint density at radius 1 is 0.718 bits per heavy atom. The predicted octanol–water partition coefficient (Wildman–Crippen LogP) is 7.13. The predicted molar refractivity (Wildman–Crippen MR) is 145 cm³/mol. The van der Waals surface area contributed by atoms with Crippen molar-refractivity contribution >= 4 is 12.2 Å². The zero-order chi connectivity index (χ0) is 27.3. The molecule has 0 aliphatic rings. The van der Waals surface area contributed by atoms with Crippen LogP contribution in [0.5, 0.6) is 11.5 Å². The number of hydrogen-bond donors (Lipinski definition) is 0. The van der Waals surface area contributed by atoms with Gasteiger partial charge in [-0.15, -0.1) is 5.06 Å². The Morgan fingerprint density at radius 3 is 1.92 bits per heavy atom. The van der Waals surface area contributed by atoms with Crippen LogP contribution in [0.3, 0.4) is 0 Å². The quantitative estimate of drug-likeness (QED) is 0.146. The van der Waals surface area contributed by atoms with Gasteiger partial charge in [-0.25, -0.2) is 9.59 Å². The summed E-state index contributed by atoms with van der Waals surface area (Å²) in [6, 6.07) is 34.1. The number of para-hydroxylation sites is 1. The summed E-state index contributed by atoms with van der Waals surface area (Å²) in [5.41, 5.74) is 2.21. The summed E-state index contributed by atoms with van der Waals surface area (Å²) >= 11 is 0. The number of amides is 1. The van der Waals surface area contributed by atoms with Crippen molar-refractivity contribution in [2.24, 2.45) is 0 Å². The van der Waals surface area contributed by atoms with Gasteiger partial charge >= 0.3 is 12.2 Å². The zero-order valence-electron chi connectivity index (χ0n) is 21.4. The van der Waals surface area contributed by atoms with Crippen molar-refractivity contribution in [1.29, 1.82) is 0 Å². The highest BCUT2D eigenvalue weighted by Gasteiger charge is 2.26. The van der Waals surface area contributed by atoms with Gasteiger partial charge in [0.05, 0.1) is 0 Å². The van der Waals surface area contributed by atoms with Gasteiger partial charge in [0.25, 0.3) is 0 Å². The summed E-state index contributed by atoms with van der Waals surface area (Å²) < 4.78 is 16.4. The molecular formula is C32H27NO6. The number of carbonyl (C=O) groups is 2. The second-order valence-electron chi connectivity index (χ2n) is 8.37. The molecule has 4 rings (SSSR count). The molecule has 1 unspecified atom stereocenters. The molecule has 0 N–H and O–H groups in total. The van der Waals surface area contributed by atoms with E-state index < -0.39 is 18.3 Å². The van der Waals surface area contributed by atoms with Crippen LogP contribution in [-0.2, 0) is 27.5 Å². The number of carbonyl (C=O) groups excluding carboxylic acids is 2. The van der Waals surface area contributed by atoms with E-state index in [1.54, 1.807) is 13.0 Å². The van der Waals surface area contributed by atoms with Gasteiger partial charge < -0.3 is 14.2 Å². The van der Waals surface area contributed by atoms with E-state index in [0.717, 1.165) is 16.2 Å². The lowest BCUT2D eigenvalue weighted by molar-refractivity contribution is -0.123. The van der Waals surface area contributed by atoms with Gasteiger partial charge in [0, 0.05) is 5.56 Å². The molecular weight excluding hydrogens is 494 g/mol. The summed E-state index contributed by atoms with van der Waals surface area (Å²) in [5.74, 6) is 7.25. The first-order chi connectivity index (χ1) is 19.1. The van der Waals surface area contributed by atoms with Crippen LogP contribution in [0.1, 0.15) is 23.6 Å². The first kappa shape index (κ1) is 26.8. The molecule has 7 nitrogen and oxygen atoms in total. The van der Waals surface area contributed by atoms with Crippen LogP contribution in [0.2, 0.25) is 0 Å². The van der Waals surface area contributed by atoms with Crippen molar-refractivity contribution in [1.82, 2.24) is 5.06 Å². The fourth-order valence-corrected chi connectivity index (χ4v) is 3.39. The number of hydroxylamine groups is 2. The van der Waals surface area contributed by atoms with Crippen LogP contribution in [-0.4, -0.2) is 23.4 Å². The van der Waals surface area contributed by atoms with Gasteiger partial charge in [-0.2, -0.15) is 0 Å². The molecule has 4 aromatic carbocycles. The molecule has 0 fully saturated rings. The van der Waals surface area contributed by atoms with E-state index in [9.17, 15) is 9.59 Å². The molecule has 0 heterocycles. The lowest BCUT2D eigenvalue weighted by atomic mass is 10.2. The number of benzene rings is 4. The Labute approximate surface area is 227 Å². The number of nitrogens with zero attached hydrogens (tertiary/aromatic N) is 1. The van der Waals surface area contributed by atoms with Gasteiger partial charge in [-0.3, -0.25) is 4.84 Å². The number of rotatable bonds is 7. The second kappa shape index (κ2) is 13.9. The molecule has 39 heavy (non-hydrogen) atoms. The summed E-state index contributed by atoms with van der Waals surface area (Å²) in [7, 11) is 0. The van der Waals surface area contributed by atoms with Gasteiger partial charge in [0.15, 0.2) is 0 Å². The van der Waals surface area contributed by atoms with Crippen molar-refractivity contribution in [3.8, 4) is 23.3 Å². The standard InChI is InChI=1S/C32H27NO6/c1-25(20-21-26-16-11-19-30(22-26)38-29-17-9-4-10-18-29)33(31(34)36-23-27-12-5-2-6-13-27)39-32(35)37-24-28-14-7-3-8-15-28/h2-19,22,25H,23-24H2,1H3. The van der Waals surface area contributed by atoms with E-state index >= 15 is 0 Å². The molecule has 0 bridgehead atoms. The highest BCUT2D eigenvalue weighted by atomic mass is 16.8. The molecule has 0 radical (unpaired) electrons. The fourth-order valence-electron chi connectivity index (χ4n) is 3.39. The minimum absolute atomic E-state index is 0.00237. The largest absolute Gasteiger partial charge is 0.533 e. The van der Waals surface area contributed by atoms with E-state index in [1.807, 2.05) is 109 Å². The third-order valence-electron chi connectivity index (χ3n) is 5.35. The second-order valence-corrected chi connectivity index (χ2v) is 8.37. The van der Waals surface area contributed by atoms with E-state index in [-0.39, 0.29) is 13.2 Å². The average Bonchev–Trinajstić information content (AvgIpc) is 2.98. The monoisotopic (exact) mass is 521 g/mol. The SMILES string of the molecule is CC(C#Cc1cccc(Oc2ccccc2)c1)N(OC(=O)OCc1ccccc1)C(=O)OCc1ccccc1. The van der Waals surface area contributed by atoms with Crippen LogP contribution in [0.25, 0.3) is 0 Å². The summed E-state index contributed by atoms with van der Waals surface area (Å²) in [5, 5.41) is 0.771. The molecule has 1 atom stereocenters. The minimum atomic E-state index is -1.05. The maximum Gasteiger partial charge on any atom is 0.533 e. The van der Waals surface area contributed by atoms with E-state index in [4.69, 9.17) is 19.0 Å². The highest BCUT2D eigenvalue weighted by molar-refractivity contribution is 5.70. The Balaban J connectivity index is 1.44. The Hall–Kier alpha value is -5.22. The van der Waals surface area contributed by atoms with Gasteiger partial charge in [0.2, 0.25) is 0 Å². The lowest BCUT2D eigenvalue weighted by Gasteiger charge is -2.23. The van der Waals surface area contributed by atoms with E-state index in [2.05, 4.69) is 11.8 Å². The molecule has 4 aromatic rings. The summed E-state index contributed by atoms with van der Waals surface area (Å²) in [4.78, 5) is 30.6. The van der Waals surface area contributed by atoms with Gasteiger partial charge in [-0.05, 0) is 48.4 Å². The smallest absolute Gasteiger partial charge is 0.457 e. The van der Waals surface area contributed by atoms with Gasteiger partial charge in [-0.1, -0.05) is 96.8 Å². The van der Waals surface area contributed by atoms with Crippen LogP contribution in [0.4, 0.5) is 9.59 Å². The molecule has 0 spiro atoms. The van der Waals surface area contributed by atoms with Crippen molar-refractivity contribution < 1.29 is 28.6 Å². The van der Waals surface area contributed by atoms with Crippen molar-refractivity contribution in [2.45, 2.75) is 26.2 Å². The van der Waals surface area contributed by atoms with Crippen LogP contribution >= 0.6 is 0 Å². The lowest BCUT2D eigenvalue weighted by Crippen LogP contribution is -2.40. The molecule has 0 saturated carbocycles. The van der Waals surface area contributed by atoms with Crippen LogP contribution in [0, 0.1) is 11.8 Å². The normalized spacial score (nSPS) is 10.8. The molecule has 0 aromatic heterocycles. The third kappa shape index (κ3) is 8.69. The third-order valence-corrected chi connectivity index (χ3v) is 5.35. The van der Waals surface area contributed by atoms with Crippen LogP contribution < -0.4 is 4.74 Å². The maximum atomic E-state index is 12.9. The van der Waals surface area contributed by atoms with Crippen molar-refractivity contribution in [3.63, 3.8) is 0 Å². The molecule has 0 aliphatic carbocycles. The van der Waals surface area contributed by atoms with Crippen molar-refractivity contribution in [3.05, 3.63) is 132 Å². The Morgan fingerprint density at radius 2 is 1.28 bits per heavy atom. The summed E-state index contributed by atoms with van der Waals surface area (Å²) in [6.07, 6.45) is -1.93. The fraction of sp³-hybridized carbons (Fsp3) is 0.125. The molecule has 7 heteroatoms. The Kier molecular flexibility index (Phi) is 9.57. The topological polar surface area (TPSA) is 74.3 Å². The average molecular weight is 522 g/mol. The molecule has 0 aliphatic heterocycles. The minimum Gasteiger partial charge on any atom is -0.457 e. The van der Waals surface area contributed by atoms with Crippen LogP contribution in [0.15, 0.2) is 115 Å². The molecule has 196 valence electrons. The first-order valence-electron chi connectivity index (χ1n) is 12.3. The first-order valence-corrected chi connectivity index (χ1v) is 12.3. The zero-order valence-corrected chi connectivity index (χ0v) is 21.4. The van der Waals surface area contributed by atoms with Crippen molar-refractivity contribution in [2.75, 3.05) is 0 Å². The van der Waals surface area contributed by atoms with Gasteiger partial charge in [0.1, 0.15) is 30.8 Å². The highest BCUT2D eigenvalue weighted by Crippen LogP contribution is 2.21. The van der Waals surface area contributed by atoms with E-state index in [1.165, 1.54) is 0 Å².